The smallest absolute Gasteiger partial charge is 0.426 e. The summed E-state index contributed by atoms with van der Waals surface area (Å²) in [6.45, 7) is 4.57. The minimum Gasteiger partial charge on any atom is -0.507 e. The molecule has 0 spiro atoms. The van der Waals surface area contributed by atoms with Gasteiger partial charge in [-0.25, -0.2) is 20.4 Å². The zero-order chi connectivity index (χ0) is 60.6. The number of rotatable bonds is 20. The number of methoxy groups -OCH3 is 2. The zero-order valence-corrected chi connectivity index (χ0v) is 46.3. The molecule has 450 valence electrons. The molecule has 2 fully saturated rings. The Morgan fingerprint density at radius 2 is 1.54 bits per heavy atom. The topological polar surface area (TPSA) is 395 Å². The van der Waals surface area contributed by atoms with Crippen molar-refractivity contribution in [1.29, 1.82) is 0 Å². The van der Waals surface area contributed by atoms with Crippen LogP contribution in [-0.2, 0) is 70.2 Å². The van der Waals surface area contributed by atoms with Crippen LogP contribution in [0.1, 0.15) is 101 Å². The van der Waals surface area contributed by atoms with E-state index < -0.39 is 149 Å². The molecule has 0 bridgehead atoms. The molecule has 3 aliphatic heterocycles. The largest absolute Gasteiger partial charge is 0.507 e. The quantitative estimate of drug-likeness (QED) is 0.0239. The molecule has 84 heavy (non-hydrogen) atoms. The van der Waals surface area contributed by atoms with Crippen molar-refractivity contribution in [3.8, 4) is 17.2 Å². The highest BCUT2D eigenvalue weighted by atomic mass is 16.7. The number of hydrazine groups is 1. The molecule has 3 aromatic carbocycles. The third kappa shape index (κ3) is 13.9. The van der Waals surface area contributed by atoms with Crippen LogP contribution in [0.15, 0.2) is 54.6 Å². The van der Waals surface area contributed by atoms with Crippen molar-refractivity contribution in [3.05, 3.63) is 93.6 Å². The van der Waals surface area contributed by atoms with E-state index in [9.17, 15) is 63.3 Å². The summed E-state index contributed by atoms with van der Waals surface area (Å²) in [6, 6.07) is 7.39. The van der Waals surface area contributed by atoms with E-state index in [-0.39, 0.29) is 67.1 Å². The predicted octanol–water partition coefficient (Wildman–Crippen LogP) is -0.0348. The second-order valence-corrected chi connectivity index (χ2v) is 20.2. The zero-order valence-electron chi connectivity index (χ0n) is 46.3. The van der Waals surface area contributed by atoms with Crippen molar-refractivity contribution in [2.24, 2.45) is 0 Å². The number of phenols is 2. The van der Waals surface area contributed by atoms with Crippen molar-refractivity contribution in [1.82, 2.24) is 42.3 Å². The number of ether oxygens (including phenoxy) is 7. The summed E-state index contributed by atoms with van der Waals surface area (Å²) in [4.78, 5) is 129. The van der Waals surface area contributed by atoms with Gasteiger partial charge in [-0.1, -0.05) is 24.3 Å². The maximum atomic E-state index is 14.2. The van der Waals surface area contributed by atoms with E-state index in [0.29, 0.717) is 30.8 Å². The summed E-state index contributed by atoms with van der Waals surface area (Å²) in [5, 5.41) is 51.8. The van der Waals surface area contributed by atoms with Gasteiger partial charge in [-0.05, 0) is 51.0 Å². The van der Waals surface area contributed by atoms with Gasteiger partial charge in [0.1, 0.15) is 41.5 Å². The number of hydrogen-bond donors (Lipinski definition) is 11. The van der Waals surface area contributed by atoms with E-state index in [1.165, 1.54) is 70.5 Å². The normalized spacial score (nSPS) is 23.2. The number of nitrogens with one attached hydrogen (secondary N) is 8. The number of amides is 9. The Labute approximate surface area is 479 Å². The van der Waals surface area contributed by atoms with Crippen molar-refractivity contribution >= 4 is 64.8 Å². The van der Waals surface area contributed by atoms with Crippen LogP contribution in [0.25, 0.3) is 0 Å². The molecule has 9 atom stereocenters. The summed E-state index contributed by atoms with van der Waals surface area (Å²) >= 11 is 0. The van der Waals surface area contributed by atoms with Crippen molar-refractivity contribution in [3.63, 3.8) is 0 Å². The number of hydrogen-bond acceptors (Lipinski definition) is 21. The molecule has 3 heterocycles. The first-order valence-electron chi connectivity index (χ1n) is 26.8. The number of carbonyl (C=O) groups is 10. The number of benzene rings is 3. The lowest BCUT2D eigenvalue weighted by Gasteiger charge is -2.42. The first-order chi connectivity index (χ1) is 40.1. The van der Waals surface area contributed by atoms with Gasteiger partial charge in [-0.3, -0.25) is 48.6 Å². The number of morpholine rings is 1. The van der Waals surface area contributed by atoms with E-state index in [1.807, 2.05) is 0 Å². The van der Waals surface area contributed by atoms with Crippen molar-refractivity contribution < 1.29 is 96.4 Å². The highest BCUT2D eigenvalue weighted by Crippen LogP contribution is 2.52. The Kier molecular flexibility index (Phi) is 19.6. The van der Waals surface area contributed by atoms with Crippen LogP contribution >= 0.6 is 0 Å². The van der Waals surface area contributed by atoms with Gasteiger partial charge < -0.3 is 75.1 Å². The molecule has 0 unspecified atom stereocenters. The maximum absolute atomic E-state index is 14.2. The van der Waals surface area contributed by atoms with Gasteiger partial charge in [-0.2, -0.15) is 0 Å². The Morgan fingerprint density at radius 1 is 0.833 bits per heavy atom. The summed E-state index contributed by atoms with van der Waals surface area (Å²) in [6.07, 6.45) is -4.48. The number of phenolic OH excluding ortho intramolecular Hbond substituents is 2. The SMILES string of the molecule is COc1cccc2c1C(=O)c1c(O)c3c(c(O)c1C2=O)C[C@@](O)(C(=O)NCCNC(=O)NNC(=O)OCc1ccc(NC(=O)[C@H](C)NC(=O)[C@H](C)NC(=O)CCN2C(=O)C=CC2=O)cc1)C[C@@H]3O[C@H]1CC[C@H](O[C@H]2NCCO[C@@H]2OC)[C@H](C)O1. The number of urea groups is 1. The fourth-order valence-electron chi connectivity index (χ4n) is 10.1. The first-order valence-corrected chi connectivity index (χ1v) is 26.8. The fraction of sp³-hybridized carbons (Fsp3) is 0.455. The minimum absolute atomic E-state index is 0.0540. The monoisotopic (exact) mass is 1170 g/mol. The van der Waals surface area contributed by atoms with E-state index in [0.717, 1.165) is 17.1 Å². The molecular formula is C55H65N9O20. The number of imide groups is 1. The van der Waals surface area contributed by atoms with Gasteiger partial charge in [0.25, 0.3) is 17.7 Å². The maximum Gasteiger partial charge on any atom is 0.426 e. The molecule has 5 aliphatic rings. The molecule has 29 heteroatoms. The second kappa shape index (κ2) is 26.8. The second-order valence-electron chi connectivity index (χ2n) is 20.2. The third-order valence-electron chi connectivity index (χ3n) is 14.5. The van der Waals surface area contributed by atoms with Gasteiger partial charge in [0.2, 0.25) is 23.5 Å². The summed E-state index contributed by atoms with van der Waals surface area (Å²) < 4.78 is 40.5. The minimum atomic E-state index is -2.39. The standard InChI is InChI=1S/C55H65N9O20/c1-26(59-36(65)17-21-64-37(66)14-15-38(64)67)48(72)60-27(2)49(73)61-30-11-9-29(10-12-30)25-81-54(76)63-62-53(75)58-19-18-57-52(74)55(77)23-32-41(47(71)43-42(45(32)69)44(68)31-7-6-8-34(78-4)40(31)46(43)70)35(24-55)83-39-16-13-33(28(3)82-39)84-50-51(79-5)80-22-20-56-50/h6-12,14-15,26-28,33,35,39,50-51,56,69,71,77H,13,16-25H2,1-5H3,(H,57,74)(H,59,65)(H,60,72)(H,61,73)(H,63,76)(H2,58,62,75)/t26-,27-,28-,33-,35-,39-,50+,51-,55-/m0/s1. The Bertz CT molecular complexity index is 3100. The van der Waals surface area contributed by atoms with Crippen LogP contribution in [0.4, 0.5) is 15.3 Å². The van der Waals surface area contributed by atoms with Crippen molar-refractivity contribution in [2.45, 2.75) is 114 Å². The van der Waals surface area contributed by atoms with E-state index in [4.69, 9.17) is 33.2 Å². The number of fused-ring (bicyclic) bond motifs is 3. The van der Waals surface area contributed by atoms with Crippen LogP contribution in [0.3, 0.4) is 0 Å². The Hall–Kier alpha value is -8.58. The summed E-state index contributed by atoms with van der Waals surface area (Å²) in [5.74, 6) is -6.96. The van der Waals surface area contributed by atoms with Crippen LogP contribution in [0, 0.1) is 0 Å². The van der Waals surface area contributed by atoms with Gasteiger partial charge in [-0.15, -0.1) is 0 Å². The van der Waals surface area contributed by atoms with Crippen LogP contribution in [-0.4, -0.2) is 175 Å². The molecule has 29 nitrogen and oxygen atoms in total. The predicted molar refractivity (Wildman–Crippen MR) is 287 cm³/mol. The average Bonchev–Trinajstić information content (AvgIpc) is 4.06. The molecule has 0 radical (unpaired) electrons. The van der Waals surface area contributed by atoms with Gasteiger partial charge in [0, 0.05) is 93.5 Å². The molecule has 2 aliphatic carbocycles. The first kappa shape index (κ1) is 61.5. The average molecular weight is 1170 g/mol. The molecule has 0 aromatic heterocycles. The van der Waals surface area contributed by atoms with Crippen LogP contribution < -0.4 is 47.5 Å². The highest BCUT2D eigenvalue weighted by Gasteiger charge is 2.50. The molecular weight excluding hydrogens is 1110 g/mol. The van der Waals surface area contributed by atoms with E-state index >= 15 is 0 Å². The number of aromatic hydroxyl groups is 2. The lowest BCUT2D eigenvalue weighted by Crippen LogP contribution is -2.55. The van der Waals surface area contributed by atoms with E-state index in [1.54, 1.807) is 6.92 Å². The van der Waals surface area contributed by atoms with Crippen LogP contribution in [0.2, 0.25) is 0 Å². The van der Waals surface area contributed by atoms with Gasteiger partial charge >= 0.3 is 12.1 Å². The Morgan fingerprint density at radius 3 is 2.24 bits per heavy atom. The summed E-state index contributed by atoms with van der Waals surface area (Å²) in [5.41, 5.74) is 0.894. The number of carbonyl (C=O) groups excluding carboxylic acids is 10. The molecule has 2 saturated heterocycles. The van der Waals surface area contributed by atoms with Gasteiger partial charge in [0.05, 0.1) is 48.7 Å². The lowest BCUT2D eigenvalue weighted by atomic mass is 9.72. The number of ketones is 2. The molecule has 3 aromatic rings. The fourth-order valence-corrected chi connectivity index (χ4v) is 10.1. The van der Waals surface area contributed by atoms with E-state index in [2.05, 4.69) is 42.8 Å². The summed E-state index contributed by atoms with van der Waals surface area (Å²) in [7, 11) is 2.80. The molecule has 11 N–H and O–H groups in total. The van der Waals surface area contributed by atoms with Crippen LogP contribution in [0.5, 0.6) is 17.2 Å². The molecule has 0 saturated carbocycles. The molecule has 9 amide bonds. The lowest BCUT2D eigenvalue weighted by molar-refractivity contribution is -0.281. The number of nitrogens with zero attached hydrogens (tertiary/aromatic N) is 1. The van der Waals surface area contributed by atoms with Crippen molar-refractivity contribution in [2.75, 3.05) is 52.3 Å². The van der Waals surface area contributed by atoms with Gasteiger partial charge in [0.15, 0.2) is 24.6 Å². The third-order valence-corrected chi connectivity index (χ3v) is 14.5. The molecule has 8 rings (SSSR count). The number of anilines is 1. The highest BCUT2D eigenvalue weighted by molar-refractivity contribution is 6.31. The number of aliphatic hydroxyl groups is 1. The Balaban J connectivity index is 0.805.